The molecule has 0 aromatic heterocycles. The van der Waals surface area contributed by atoms with Crippen LogP contribution in [0.5, 0.6) is 0 Å². The van der Waals surface area contributed by atoms with Gasteiger partial charge in [0.1, 0.15) is 0 Å². The molecule has 0 fully saturated rings. The molecule has 1 heterocycles. The molecule has 1 aliphatic heterocycles. The predicted octanol–water partition coefficient (Wildman–Crippen LogP) is 1.76. The van der Waals surface area contributed by atoms with E-state index in [2.05, 4.69) is 18.2 Å². The number of hydrogen-bond donors (Lipinski definition) is 1. The lowest BCUT2D eigenvalue weighted by Gasteiger charge is -2.16. The zero-order valence-electron chi connectivity index (χ0n) is 8.07. The minimum atomic E-state index is 0.0974. The summed E-state index contributed by atoms with van der Waals surface area (Å²) < 4.78 is 5.36. The van der Waals surface area contributed by atoms with Crippen LogP contribution in [0.1, 0.15) is 16.7 Å². The van der Waals surface area contributed by atoms with E-state index < -0.39 is 0 Å². The Morgan fingerprint density at radius 3 is 3.14 bits per heavy atom. The van der Waals surface area contributed by atoms with E-state index in [0.717, 1.165) is 25.2 Å². The highest BCUT2D eigenvalue weighted by molar-refractivity contribution is 5.52. The van der Waals surface area contributed by atoms with Crippen molar-refractivity contribution in [3.63, 3.8) is 0 Å². The summed E-state index contributed by atoms with van der Waals surface area (Å²) in [7, 11) is 0. The van der Waals surface area contributed by atoms with Crippen LogP contribution >= 0.6 is 0 Å². The van der Waals surface area contributed by atoms with Crippen molar-refractivity contribution in [2.45, 2.75) is 13.0 Å². The molecular formula is C12H14O2. The highest BCUT2D eigenvalue weighted by Gasteiger charge is 2.08. The molecule has 0 amide bonds. The van der Waals surface area contributed by atoms with E-state index in [1.54, 1.807) is 6.08 Å². The van der Waals surface area contributed by atoms with Gasteiger partial charge in [0.05, 0.1) is 19.8 Å². The Bertz CT molecular complexity index is 342. The van der Waals surface area contributed by atoms with E-state index in [1.807, 2.05) is 6.08 Å². The van der Waals surface area contributed by atoms with Crippen LogP contribution in [-0.2, 0) is 17.8 Å². The summed E-state index contributed by atoms with van der Waals surface area (Å²) in [6.07, 6.45) is 4.69. The van der Waals surface area contributed by atoms with Crippen LogP contribution in [0, 0.1) is 0 Å². The second kappa shape index (κ2) is 4.40. The Kier molecular flexibility index (Phi) is 2.96. The molecule has 0 saturated heterocycles. The zero-order valence-corrected chi connectivity index (χ0v) is 8.07. The molecule has 0 spiro atoms. The normalized spacial score (nSPS) is 15.8. The summed E-state index contributed by atoms with van der Waals surface area (Å²) in [5, 5.41) is 8.66. The average molecular weight is 190 g/mol. The molecule has 2 heteroatoms. The number of hydrogen-bond acceptors (Lipinski definition) is 2. The van der Waals surface area contributed by atoms with Gasteiger partial charge in [-0.2, -0.15) is 0 Å². The van der Waals surface area contributed by atoms with Crippen molar-refractivity contribution < 1.29 is 9.84 Å². The summed E-state index contributed by atoms with van der Waals surface area (Å²) in [6, 6.07) is 6.33. The fraction of sp³-hybridized carbons (Fsp3) is 0.333. The Balaban J connectivity index is 2.24. The standard InChI is InChI=1S/C12H14O2/c13-6-1-2-10-3-4-12-9-14-7-5-11(12)8-10/h1-4,8,13H,5-7,9H2/b2-1+. The van der Waals surface area contributed by atoms with E-state index in [-0.39, 0.29) is 6.61 Å². The number of ether oxygens (including phenoxy) is 1. The molecule has 14 heavy (non-hydrogen) atoms. The monoisotopic (exact) mass is 190 g/mol. The van der Waals surface area contributed by atoms with Crippen molar-refractivity contribution in [1.29, 1.82) is 0 Å². The Labute approximate surface area is 83.8 Å². The first kappa shape index (κ1) is 9.44. The molecule has 1 aromatic carbocycles. The first-order valence-electron chi connectivity index (χ1n) is 4.87. The maximum Gasteiger partial charge on any atom is 0.0719 e. The van der Waals surface area contributed by atoms with E-state index in [1.165, 1.54) is 11.1 Å². The number of benzene rings is 1. The molecular weight excluding hydrogens is 176 g/mol. The summed E-state index contributed by atoms with van der Waals surface area (Å²) >= 11 is 0. The van der Waals surface area contributed by atoms with Crippen LogP contribution in [0.2, 0.25) is 0 Å². The lowest BCUT2D eigenvalue weighted by atomic mass is 10.0. The van der Waals surface area contributed by atoms with Gasteiger partial charge in [0, 0.05) is 0 Å². The van der Waals surface area contributed by atoms with E-state index in [9.17, 15) is 0 Å². The molecule has 1 aliphatic rings. The van der Waals surface area contributed by atoms with Crippen molar-refractivity contribution in [2.75, 3.05) is 13.2 Å². The molecule has 0 bridgehead atoms. The van der Waals surface area contributed by atoms with Gasteiger partial charge in [-0.25, -0.2) is 0 Å². The van der Waals surface area contributed by atoms with Crippen molar-refractivity contribution in [3.8, 4) is 0 Å². The summed E-state index contributed by atoms with van der Waals surface area (Å²) in [5.41, 5.74) is 3.81. The Morgan fingerprint density at radius 2 is 2.29 bits per heavy atom. The summed E-state index contributed by atoms with van der Waals surface area (Å²) in [4.78, 5) is 0. The molecule has 0 saturated carbocycles. The van der Waals surface area contributed by atoms with Crippen molar-refractivity contribution in [1.82, 2.24) is 0 Å². The van der Waals surface area contributed by atoms with Crippen LogP contribution in [0.4, 0.5) is 0 Å². The Hall–Kier alpha value is -1.12. The minimum absolute atomic E-state index is 0.0974. The lowest BCUT2D eigenvalue weighted by Crippen LogP contribution is -2.09. The summed E-state index contributed by atoms with van der Waals surface area (Å²) in [5.74, 6) is 0. The molecule has 0 radical (unpaired) electrons. The highest BCUT2D eigenvalue weighted by atomic mass is 16.5. The van der Waals surface area contributed by atoms with Gasteiger partial charge in [0.2, 0.25) is 0 Å². The van der Waals surface area contributed by atoms with Gasteiger partial charge >= 0.3 is 0 Å². The molecule has 1 N–H and O–H groups in total. The third-order valence-corrected chi connectivity index (χ3v) is 2.42. The van der Waals surface area contributed by atoms with E-state index in [4.69, 9.17) is 9.84 Å². The molecule has 0 atom stereocenters. The van der Waals surface area contributed by atoms with Crippen LogP contribution in [0.15, 0.2) is 24.3 Å². The number of rotatable bonds is 2. The topological polar surface area (TPSA) is 29.5 Å². The fourth-order valence-corrected chi connectivity index (χ4v) is 1.68. The van der Waals surface area contributed by atoms with E-state index in [0.29, 0.717) is 0 Å². The molecule has 74 valence electrons. The highest BCUT2D eigenvalue weighted by Crippen LogP contribution is 2.18. The molecule has 1 aromatic rings. The molecule has 2 nitrogen and oxygen atoms in total. The second-order valence-electron chi connectivity index (χ2n) is 3.42. The SMILES string of the molecule is OC/C=C/c1ccc2c(c1)CCOC2. The van der Waals surface area contributed by atoms with Gasteiger partial charge in [0.15, 0.2) is 0 Å². The van der Waals surface area contributed by atoms with Gasteiger partial charge in [-0.1, -0.05) is 30.4 Å². The predicted molar refractivity (Wildman–Crippen MR) is 55.9 cm³/mol. The first-order valence-corrected chi connectivity index (χ1v) is 4.87. The smallest absolute Gasteiger partial charge is 0.0719 e. The fourth-order valence-electron chi connectivity index (χ4n) is 1.68. The molecule has 2 rings (SSSR count). The van der Waals surface area contributed by atoms with Gasteiger partial charge < -0.3 is 9.84 Å². The third kappa shape index (κ3) is 2.03. The van der Waals surface area contributed by atoms with Gasteiger partial charge in [0.25, 0.3) is 0 Å². The van der Waals surface area contributed by atoms with Crippen molar-refractivity contribution >= 4 is 6.08 Å². The maximum absolute atomic E-state index is 8.66. The summed E-state index contributed by atoms with van der Waals surface area (Å²) in [6.45, 7) is 1.65. The second-order valence-corrected chi connectivity index (χ2v) is 3.42. The molecule has 0 unspecified atom stereocenters. The van der Waals surface area contributed by atoms with Crippen LogP contribution in [-0.4, -0.2) is 18.3 Å². The number of aliphatic hydroxyl groups excluding tert-OH is 1. The van der Waals surface area contributed by atoms with Crippen LogP contribution < -0.4 is 0 Å². The van der Waals surface area contributed by atoms with Gasteiger partial charge in [-0.3, -0.25) is 0 Å². The largest absolute Gasteiger partial charge is 0.392 e. The van der Waals surface area contributed by atoms with Gasteiger partial charge in [-0.05, 0) is 23.1 Å². The van der Waals surface area contributed by atoms with Crippen LogP contribution in [0.3, 0.4) is 0 Å². The van der Waals surface area contributed by atoms with Crippen molar-refractivity contribution in [3.05, 3.63) is 41.0 Å². The van der Waals surface area contributed by atoms with E-state index >= 15 is 0 Å². The number of fused-ring (bicyclic) bond motifs is 1. The third-order valence-electron chi connectivity index (χ3n) is 2.42. The quantitative estimate of drug-likeness (QED) is 0.770. The zero-order chi connectivity index (χ0) is 9.80. The Morgan fingerprint density at radius 1 is 1.36 bits per heavy atom. The molecule has 0 aliphatic carbocycles. The number of aliphatic hydroxyl groups is 1. The van der Waals surface area contributed by atoms with Gasteiger partial charge in [-0.15, -0.1) is 0 Å². The lowest BCUT2D eigenvalue weighted by molar-refractivity contribution is 0.111. The van der Waals surface area contributed by atoms with Crippen molar-refractivity contribution in [2.24, 2.45) is 0 Å². The van der Waals surface area contributed by atoms with Crippen LogP contribution in [0.25, 0.3) is 6.08 Å². The minimum Gasteiger partial charge on any atom is -0.392 e. The first-order chi connectivity index (χ1) is 6.90. The maximum atomic E-state index is 8.66. The average Bonchev–Trinajstić information content (AvgIpc) is 2.26.